The Labute approximate surface area is 142 Å². The lowest BCUT2D eigenvalue weighted by atomic mass is 9.74. The second kappa shape index (κ2) is 7.66. The first-order valence-corrected chi connectivity index (χ1v) is 8.65. The van der Waals surface area contributed by atoms with Gasteiger partial charge in [0, 0.05) is 18.5 Å². The van der Waals surface area contributed by atoms with Gasteiger partial charge < -0.3 is 10.1 Å². The number of amides is 2. The van der Waals surface area contributed by atoms with Gasteiger partial charge in [0.2, 0.25) is 5.91 Å². The molecular weight excluding hydrogens is 306 g/mol. The summed E-state index contributed by atoms with van der Waals surface area (Å²) >= 11 is 0. The van der Waals surface area contributed by atoms with E-state index in [1.54, 1.807) is 0 Å². The zero-order chi connectivity index (χ0) is 16.9. The molecule has 3 rings (SSSR count). The highest BCUT2D eigenvalue weighted by Crippen LogP contribution is 2.34. The lowest BCUT2D eigenvalue weighted by Crippen LogP contribution is -2.62. The lowest BCUT2D eigenvalue weighted by molar-refractivity contribution is -0.133. The molecule has 3 N–H and O–H groups in total. The number of rotatable bonds is 5. The molecule has 2 fully saturated rings. The van der Waals surface area contributed by atoms with E-state index in [4.69, 9.17) is 4.74 Å². The number of hydrogen-bond donors (Lipinski definition) is 3. The van der Waals surface area contributed by atoms with Crippen LogP contribution in [0.1, 0.15) is 31.2 Å². The van der Waals surface area contributed by atoms with Crippen LogP contribution in [0.5, 0.6) is 5.75 Å². The highest BCUT2D eigenvalue weighted by molar-refractivity contribution is 5.80. The normalized spacial score (nSPS) is 26.2. The van der Waals surface area contributed by atoms with Crippen molar-refractivity contribution in [2.24, 2.45) is 11.8 Å². The molecule has 6 nitrogen and oxygen atoms in total. The molecule has 2 amide bonds. The van der Waals surface area contributed by atoms with Gasteiger partial charge in [0.05, 0.1) is 0 Å². The average Bonchev–Trinajstić information content (AvgIpc) is 2.61. The first-order valence-electron chi connectivity index (χ1n) is 8.65. The van der Waals surface area contributed by atoms with Gasteiger partial charge in [-0.15, -0.1) is 0 Å². The van der Waals surface area contributed by atoms with Crippen LogP contribution in [0.25, 0.3) is 0 Å². The Bertz CT molecular complexity index is 588. The molecule has 0 aromatic heterocycles. The summed E-state index contributed by atoms with van der Waals surface area (Å²) < 4.78 is 5.48. The van der Waals surface area contributed by atoms with Gasteiger partial charge in [-0.25, -0.2) is 5.43 Å². The molecule has 1 aromatic carbocycles. The van der Waals surface area contributed by atoms with Crippen molar-refractivity contribution in [3.63, 3.8) is 0 Å². The first kappa shape index (κ1) is 16.8. The van der Waals surface area contributed by atoms with Crippen molar-refractivity contribution in [3.05, 3.63) is 29.8 Å². The van der Waals surface area contributed by atoms with E-state index in [0.717, 1.165) is 31.2 Å². The molecule has 1 saturated heterocycles. The number of benzene rings is 1. The second-order valence-electron chi connectivity index (χ2n) is 6.70. The lowest BCUT2D eigenvalue weighted by Gasteiger charge is -2.41. The van der Waals surface area contributed by atoms with Crippen molar-refractivity contribution in [1.82, 2.24) is 16.2 Å². The third kappa shape index (κ3) is 4.06. The zero-order valence-electron chi connectivity index (χ0n) is 14.0. The predicted molar refractivity (Wildman–Crippen MR) is 90.2 cm³/mol. The van der Waals surface area contributed by atoms with Crippen molar-refractivity contribution in [3.8, 4) is 5.75 Å². The summed E-state index contributed by atoms with van der Waals surface area (Å²) in [5.74, 6) is 0.995. The van der Waals surface area contributed by atoms with Gasteiger partial charge in [-0.2, -0.15) is 0 Å². The van der Waals surface area contributed by atoms with E-state index >= 15 is 0 Å². The van der Waals surface area contributed by atoms with Gasteiger partial charge in [0.1, 0.15) is 5.75 Å². The molecule has 1 aromatic rings. The molecule has 2 aliphatic rings. The minimum absolute atomic E-state index is 0.00373. The molecule has 0 spiro atoms. The third-order valence-corrected chi connectivity index (χ3v) is 4.96. The van der Waals surface area contributed by atoms with Crippen molar-refractivity contribution < 1.29 is 14.3 Å². The summed E-state index contributed by atoms with van der Waals surface area (Å²) in [6, 6.07) is 7.69. The molecule has 6 heteroatoms. The summed E-state index contributed by atoms with van der Waals surface area (Å²) in [6.07, 6.45) is 4.24. The number of carbonyl (C=O) groups excluding carboxylic acids is 2. The third-order valence-electron chi connectivity index (χ3n) is 4.96. The predicted octanol–water partition coefficient (Wildman–Crippen LogP) is 1.30. The maximum atomic E-state index is 12.0. The molecule has 0 bridgehead atoms. The Morgan fingerprint density at radius 3 is 2.79 bits per heavy atom. The highest BCUT2D eigenvalue weighted by atomic mass is 16.5. The SMILES string of the molecule is Cc1ccc(OCC(=O)NCC2NNC(=O)C3CCCCC23)cc1. The van der Waals surface area contributed by atoms with Gasteiger partial charge in [-0.3, -0.25) is 15.0 Å². The van der Waals surface area contributed by atoms with Crippen LogP contribution in [-0.2, 0) is 9.59 Å². The molecule has 24 heavy (non-hydrogen) atoms. The summed E-state index contributed by atoms with van der Waals surface area (Å²) in [5, 5.41) is 2.90. The first-order chi connectivity index (χ1) is 11.6. The molecule has 0 radical (unpaired) electrons. The maximum Gasteiger partial charge on any atom is 0.257 e. The minimum Gasteiger partial charge on any atom is -0.484 e. The van der Waals surface area contributed by atoms with Crippen LogP contribution in [0.3, 0.4) is 0 Å². The molecule has 1 saturated carbocycles. The minimum atomic E-state index is -0.151. The largest absolute Gasteiger partial charge is 0.484 e. The van der Waals surface area contributed by atoms with Crippen LogP contribution in [0.2, 0.25) is 0 Å². The molecule has 3 atom stereocenters. The van der Waals surface area contributed by atoms with E-state index in [1.807, 2.05) is 31.2 Å². The highest BCUT2D eigenvalue weighted by Gasteiger charge is 2.39. The molecule has 1 aliphatic heterocycles. The van der Waals surface area contributed by atoms with E-state index < -0.39 is 0 Å². The summed E-state index contributed by atoms with van der Waals surface area (Å²) in [6.45, 7) is 2.50. The fraction of sp³-hybridized carbons (Fsp3) is 0.556. The van der Waals surface area contributed by atoms with Crippen LogP contribution < -0.4 is 20.9 Å². The summed E-state index contributed by atoms with van der Waals surface area (Å²) in [5.41, 5.74) is 6.95. The Morgan fingerprint density at radius 1 is 1.25 bits per heavy atom. The standard InChI is InChI=1S/C18H25N3O3/c1-12-6-8-13(9-7-12)24-11-17(22)19-10-16-14-4-2-3-5-15(14)18(23)21-20-16/h6-9,14-16,20H,2-5,10-11H2,1H3,(H,19,22)(H,21,23). The van der Waals surface area contributed by atoms with Crippen molar-refractivity contribution >= 4 is 11.8 Å². The van der Waals surface area contributed by atoms with E-state index in [1.165, 1.54) is 0 Å². The molecular formula is C18H25N3O3. The van der Waals surface area contributed by atoms with E-state index in [0.29, 0.717) is 18.2 Å². The van der Waals surface area contributed by atoms with Gasteiger partial charge in [-0.1, -0.05) is 30.5 Å². The number of ether oxygens (including phenoxy) is 1. The number of hydrazine groups is 1. The summed E-state index contributed by atoms with van der Waals surface area (Å²) in [7, 11) is 0. The van der Waals surface area contributed by atoms with Gasteiger partial charge in [0.25, 0.3) is 5.91 Å². The van der Waals surface area contributed by atoms with Crippen molar-refractivity contribution in [2.45, 2.75) is 38.6 Å². The van der Waals surface area contributed by atoms with Crippen LogP contribution in [-0.4, -0.2) is 31.0 Å². The smallest absolute Gasteiger partial charge is 0.257 e. The number of hydrogen-bond acceptors (Lipinski definition) is 4. The van der Waals surface area contributed by atoms with Gasteiger partial charge in [0.15, 0.2) is 6.61 Å². The van der Waals surface area contributed by atoms with Crippen LogP contribution in [0, 0.1) is 18.8 Å². The van der Waals surface area contributed by atoms with Crippen molar-refractivity contribution in [1.29, 1.82) is 0 Å². The van der Waals surface area contributed by atoms with Crippen LogP contribution >= 0.6 is 0 Å². The molecule has 3 unspecified atom stereocenters. The van der Waals surface area contributed by atoms with Crippen molar-refractivity contribution in [2.75, 3.05) is 13.2 Å². The quantitative estimate of drug-likeness (QED) is 0.760. The fourth-order valence-electron chi connectivity index (χ4n) is 3.59. The zero-order valence-corrected chi connectivity index (χ0v) is 14.0. The number of carbonyl (C=O) groups is 2. The molecule has 1 aliphatic carbocycles. The Balaban J connectivity index is 1.45. The second-order valence-corrected chi connectivity index (χ2v) is 6.70. The fourth-order valence-corrected chi connectivity index (χ4v) is 3.59. The van der Waals surface area contributed by atoms with Gasteiger partial charge >= 0.3 is 0 Å². The van der Waals surface area contributed by atoms with E-state index in [2.05, 4.69) is 16.2 Å². The number of aryl methyl sites for hydroxylation is 1. The Morgan fingerprint density at radius 2 is 2.00 bits per heavy atom. The van der Waals surface area contributed by atoms with Crippen LogP contribution in [0.15, 0.2) is 24.3 Å². The Kier molecular flexibility index (Phi) is 5.35. The van der Waals surface area contributed by atoms with Gasteiger partial charge in [-0.05, 0) is 37.8 Å². The molecule has 130 valence electrons. The van der Waals surface area contributed by atoms with Crippen LogP contribution in [0.4, 0.5) is 0 Å². The molecule has 1 heterocycles. The van der Waals surface area contributed by atoms with E-state index in [-0.39, 0.29) is 30.4 Å². The number of nitrogens with one attached hydrogen (secondary N) is 3. The summed E-state index contributed by atoms with van der Waals surface area (Å²) in [4.78, 5) is 23.9. The maximum absolute atomic E-state index is 12.0. The Hall–Kier alpha value is -2.08. The average molecular weight is 331 g/mol. The van der Waals surface area contributed by atoms with E-state index in [9.17, 15) is 9.59 Å². The topological polar surface area (TPSA) is 79.5 Å². The monoisotopic (exact) mass is 331 g/mol. The number of fused-ring (bicyclic) bond motifs is 1.